The monoisotopic (exact) mass is 297 g/mol. The van der Waals surface area contributed by atoms with E-state index in [1.165, 1.54) is 17.5 Å². The number of ether oxygens (including phenoxy) is 1. The van der Waals surface area contributed by atoms with Gasteiger partial charge in [-0.25, -0.2) is 0 Å². The molecule has 0 saturated carbocycles. The first-order valence-corrected chi connectivity index (χ1v) is 8.21. The highest BCUT2D eigenvalue weighted by Gasteiger charge is 2.05. The van der Waals surface area contributed by atoms with Gasteiger partial charge in [0.1, 0.15) is 5.75 Å². The molecule has 0 N–H and O–H groups in total. The van der Waals surface area contributed by atoms with Crippen molar-refractivity contribution in [2.24, 2.45) is 0 Å². The Bertz CT molecular complexity index is 538. The summed E-state index contributed by atoms with van der Waals surface area (Å²) in [6.45, 7) is 5.65. The zero-order valence-corrected chi connectivity index (χ0v) is 13.8. The summed E-state index contributed by atoms with van der Waals surface area (Å²) in [4.78, 5) is 2.56. The van der Waals surface area contributed by atoms with Gasteiger partial charge in [0.05, 0.1) is 7.11 Å². The molecule has 0 spiro atoms. The van der Waals surface area contributed by atoms with Crippen molar-refractivity contribution in [2.45, 2.75) is 26.2 Å². The summed E-state index contributed by atoms with van der Waals surface area (Å²) in [7, 11) is 1.72. The fraction of sp³-hybridized carbons (Fsp3) is 0.400. The quantitative estimate of drug-likeness (QED) is 0.688. The van der Waals surface area contributed by atoms with Crippen LogP contribution in [-0.4, -0.2) is 31.6 Å². The number of rotatable bonds is 9. The summed E-state index contributed by atoms with van der Waals surface area (Å²) in [6.07, 6.45) is 3.40. The third-order valence-corrected chi connectivity index (χ3v) is 3.95. The van der Waals surface area contributed by atoms with E-state index in [2.05, 4.69) is 60.4 Å². The molecule has 0 unspecified atom stereocenters. The molecule has 0 aromatic heterocycles. The molecule has 0 aliphatic heterocycles. The lowest BCUT2D eigenvalue weighted by atomic mass is 10.1. The Kier molecular flexibility index (Phi) is 6.98. The van der Waals surface area contributed by atoms with Gasteiger partial charge in [-0.05, 0) is 49.1 Å². The van der Waals surface area contributed by atoms with Crippen LogP contribution in [0.1, 0.15) is 24.5 Å². The molecule has 22 heavy (non-hydrogen) atoms. The van der Waals surface area contributed by atoms with Gasteiger partial charge in [-0.15, -0.1) is 0 Å². The van der Waals surface area contributed by atoms with E-state index in [4.69, 9.17) is 4.74 Å². The van der Waals surface area contributed by atoms with Crippen molar-refractivity contribution < 1.29 is 4.74 Å². The smallest absolute Gasteiger partial charge is 0.119 e. The van der Waals surface area contributed by atoms with Crippen LogP contribution in [0.5, 0.6) is 5.75 Å². The van der Waals surface area contributed by atoms with Crippen molar-refractivity contribution in [3.63, 3.8) is 0 Å². The number of nitrogens with zero attached hydrogens (tertiary/aromatic N) is 1. The highest BCUT2D eigenvalue weighted by molar-refractivity contribution is 5.28. The van der Waals surface area contributed by atoms with Crippen molar-refractivity contribution in [1.82, 2.24) is 4.90 Å². The van der Waals surface area contributed by atoms with E-state index >= 15 is 0 Å². The van der Waals surface area contributed by atoms with Crippen LogP contribution in [0.4, 0.5) is 0 Å². The lowest BCUT2D eigenvalue weighted by molar-refractivity contribution is 0.281. The fourth-order valence-corrected chi connectivity index (χ4v) is 2.70. The molecule has 0 heterocycles. The summed E-state index contributed by atoms with van der Waals surface area (Å²) in [5.74, 6) is 0.948. The maximum Gasteiger partial charge on any atom is 0.119 e. The minimum Gasteiger partial charge on any atom is -0.497 e. The third-order valence-electron chi connectivity index (χ3n) is 3.95. The lowest BCUT2D eigenvalue weighted by Gasteiger charge is -2.21. The summed E-state index contributed by atoms with van der Waals surface area (Å²) in [5.41, 5.74) is 2.77. The Hall–Kier alpha value is -1.80. The van der Waals surface area contributed by atoms with Crippen molar-refractivity contribution >= 4 is 0 Å². The molecule has 2 aromatic rings. The normalized spacial score (nSPS) is 10.9. The first-order valence-electron chi connectivity index (χ1n) is 8.21. The fourth-order valence-electron chi connectivity index (χ4n) is 2.70. The molecule has 2 aromatic carbocycles. The Balaban J connectivity index is 1.85. The SMILES string of the molecule is CCCN(CCc1ccccc1)CCc1cccc(OC)c1. The van der Waals surface area contributed by atoms with Crippen molar-refractivity contribution in [3.8, 4) is 5.75 Å². The lowest BCUT2D eigenvalue weighted by Crippen LogP contribution is -2.29. The zero-order chi connectivity index (χ0) is 15.6. The average Bonchev–Trinajstić information content (AvgIpc) is 2.58. The van der Waals surface area contributed by atoms with Gasteiger partial charge in [0.15, 0.2) is 0 Å². The van der Waals surface area contributed by atoms with Crippen LogP contribution < -0.4 is 4.74 Å². The van der Waals surface area contributed by atoms with Crippen LogP contribution in [0.3, 0.4) is 0 Å². The van der Waals surface area contributed by atoms with E-state index < -0.39 is 0 Å². The third kappa shape index (κ3) is 5.53. The number of hydrogen-bond acceptors (Lipinski definition) is 2. The van der Waals surface area contributed by atoms with E-state index in [-0.39, 0.29) is 0 Å². The molecule has 118 valence electrons. The van der Waals surface area contributed by atoms with Crippen molar-refractivity contribution in [3.05, 3.63) is 65.7 Å². The maximum absolute atomic E-state index is 5.30. The standard InChI is InChI=1S/C20H27NO/c1-3-14-21(15-12-18-8-5-4-6-9-18)16-13-19-10-7-11-20(17-19)22-2/h4-11,17H,3,12-16H2,1-2H3. The second kappa shape index (κ2) is 9.26. The van der Waals surface area contributed by atoms with Crippen LogP contribution in [-0.2, 0) is 12.8 Å². The molecule has 2 rings (SSSR count). The molecule has 0 saturated heterocycles. The predicted molar refractivity (Wildman–Crippen MR) is 93.6 cm³/mol. The Morgan fingerprint density at radius 2 is 1.50 bits per heavy atom. The predicted octanol–water partition coefficient (Wildman–Crippen LogP) is 4.19. The molecular formula is C20H27NO. The molecule has 0 amide bonds. The Morgan fingerprint density at radius 3 is 2.18 bits per heavy atom. The van der Waals surface area contributed by atoms with Gasteiger partial charge in [0.25, 0.3) is 0 Å². The Morgan fingerprint density at radius 1 is 0.818 bits per heavy atom. The van der Waals surface area contributed by atoms with E-state index in [0.717, 1.165) is 38.2 Å². The molecule has 2 nitrogen and oxygen atoms in total. The molecular weight excluding hydrogens is 270 g/mol. The van der Waals surface area contributed by atoms with Gasteiger partial charge in [-0.2, -0.15) is 0 Å². The van der Waals surface area contributed by atoms with Gasteiger partial charge < -0.3 is 9.64 Å². The highest BCUT2D eigenvalue weighted by atomic mass is 16.5. The Labute approximate surface area is 134 Å². The molecule has 0 atom stereocenters. The van der Waals surface area contributed by atoms with E-state index in [0.29, 0.717) is 0 Å². The van der Waals surface area contributed by atoms with Gasteiger partial charge in [-0.1, -0.05) is 49.4 Å². The van der Waals surface area contributed by atoms with Crippen molar-refractivity contribution in [2.75, 3.05) is 26.7 Å². The summed E-state index contributed by atoms with van der Waals surface area (Å²) in [6, 6.07) is 19.1. The van der Waals surface area contributed by atoms with Gasteiger partial charge in [-0.3, -0.25) is 0 Å². The second-order valence-electron chi connectivity index (χ2n) is 5.68. The molecule has 0 aliphatic rings. The largest absolute Gasteiger partial charge is 0.497 e. The zero-order valence-electron chi connectivity index (χ0n) is 13.8. The van der Waals surface area contributed by atoms with Gasteiger partial charge >= 0.3 is 0 Å². The molecule has 0 aliphatic carbocycles. The van der Waals surface area contributed by atoms with Gasteiger partial charge in [0, 0.05) is 13.1 Å². The number of hydrogen-bond donors (Lipinski definition) is 0. The maximum atomic E-state index is 5.30. The highest BCUT2D eigenvalue weighted by Crippen LogP contribution is 2.13. The first kappa shape index (κ1) is 16.6. The molecule has 0 bridgehead atoms. The number of methoxy groups -OCH3 is 1. The second-order valence-corrected chi connectivity index (χ2v) is 5.68. The topological polar surface area (TPSA) is 12.5 Å². The van der Waals surface area contributed by atoms with Crippen molar-refractivity contribution in [1.29, 1.82) is 0 Å². The van der Waals surface area contributed by atoms with E-state index in [9.17, 15) is 0 Å². The minimum absolute atomic E-state index is 0.948. The van der Waals surface area contributed by atoms with Crippen LogP contribution in [0.2, 0.25) is 0 Å². The van der Waals surface area contributed by atoms with Crippen LogP contribution >= 0.6 is 0 Å². The van der Waals surface area contributed by atoms with Crippen LogP contribution in [0.25, 0.3) is 0 Å². The van der Waals surface area contributed by atoms with E-state index in [1.54, 1.807) is 7.11 Å². The summed E-state index contributed by atoms with van der Waals surface area (Å²) < 4.78 is 5.30. The summed E-state index contributed by atoms with van der Waals surface area (Å²) in [5, 5.41) is 0. The minimum atomic E-state index is 0.948. The first-order chi connectivity index (χ1) is 10.8. The van der Waals surface area contributed by atoms with Gasteiger partial charge in [0.2, 0.25) is 0 Å². The number of benzene rings is 2. The van der Waals surface area contributed by atoms with E-state index in [1.807, 2.05) is 6.07 Å². The molecule has 0 fully saturated rings. The molecule has 0 radical (unpaired) electrons. The summed E-state index contributed by atoms with van der Waals surface area (Å²) >= 11 is 0. The van der Waals surface area contributed by atoms with Crippen LogP contribution in [0, 0.1) is 0 Å². The van der Waals surface area contributed by atoms with Crippen LogP contribution in [0.15, 0.2) is 54.6 Å². The average molecular weight is 297 g/mol. The molecule has 2 heteroatoms.